The van der Waals surface area contributed by atoms with Crippen molar-refractivity contribution in [3.05, 3.63) is 17.5 Å². The summed E-state index contributed by atoms with van der Waals surface area (Å²) in [5, 5.41) is 11.3. The van der Waals surface area contributed by atoms with Crippen molar-refractivity contribution in [1.29, 1.82) is 0 Å². The van der Waals surface area contributed by atoms with Crippen LogP contribution in [0.5, 0.6) is 0 Å². The van der Waals surface area contributed by atoms with Crippen LogP contribution in [0.3, 0.4) is 0 Å². The van der Waals surface area contributed by atoms with Gasteiger partial charge in [0.25, 0.3) is 0 Å². The Hall–Kier alpha value is -1.39. The number of thioether (sulfide) groups is 1. The third kappa shape index (κ3) is 4.96. The van der Waals surface area contributed by atoms with Gasteiger partial charge in [-0.2, -0.15) is 0 Å². The van der Waals surface area contributed by atoms with Gasteiger partial charge in [0, 0.05) is 19.1 Å². The highest BCUT2D eigenvalue weighted by Crippen LogP contribution is 2.28. The lowest BCUT2D eigenvalue weighted by molar-refractivity contribution is -0.130. The molecule has 154 valence electrons. The summed E-state index contributed by atoms with van der Waals surface area (Å²) in [6.07, 6.45) is 0.527. The minimum absolute atomic E-state index is 0.0378. The molecule has 2 aromatic heterocycles. The van der Waals surface area contributed by atoms with Crippen LogP contribution in [-0.4, -0.2) is 63.8 Å². The molecule has 0 spiro atoms. The summed E-state index contributed by atoms with van der Waals surface area (Å²) >= 11 is 2.97. The first-order chi connectivity index (χ1) is 13.3. The minimum atomic E-state index is -3.04. The molecule has 1 amide bonds. The minimum Gasteiger partial charge on any atom is -0.338 e. The van der Waals surface area contributed by atoms with Gasteiger partial charge in [-0.3, -0.25) is 4.79 Å². The van der Waals surface area contributed by atoms with E-state index in [2.05, 4.69) is 10.2 Å². The molecule has 0 N–H and O–H groups in total. The summed E-state index contributed by atoms with van der Waals surface area (Å²) in [6, 6.07) is 3.77. The third-order valence-corrected chi connectivity index (χ3v) is 8.20. The number of hydrogen-bond donors (Lipinski definition) is 0. The number of hydrogen-bond acceptors (Lipinski definition) is 7. The van der Waals surface area contributed by atoms with Gasteiger partial charge in [0.15, 0.2) is 20.8 Å². The van der Waals surface area contributed by atoms with Crippen LogP contribution >= 0.6 is 23.1 Å². The van der Waals surface area contributed by atoms with Crippen molar-refractivity contribution in [1.82, 2.24) is 19.7 Å². The monoisotopic (exact) mass is 442 g/mol. The number of thiophene rings is 1. The predicted molar refractivity (Wildman–Crippen MR) is 113 cm³/mol. The largest absolute Gasteiger partial charge is 0.338 e. The van der Waals surface area contributed by atoms with E-state index >= 15 is 0 Å². The van der Waals surface area contributed by atoms with Crippen molar-refractivity contribution in [3.63, 3.8) is 0 Å². The lowest BCUT2D eigenvalue weighted by Gasteiger charge is -2.29. The second kappa shape index (κ2) is 8.96. The van der Waals surface area contributed by atoms with Crippen LogP contribution in [0.1, 0.15) is 27.2 Å². The summed E-state index contributed by atoms with van der Waals surface area (Å²) in [7, 11) is -3.04. The first-order valence-corrected chi connectivity index (χ1v) is 13.1. The van der Waals surface area contributed by atoms with Crippen molar-refractivity contribution < 1.29 is 13.2 Å². The van der Waals surface area contributed by atoms with Crippen LogP contribution in [0.25, 0.3) is 10.7 Å². The molecule has 0 bridgehead atoms. The Labute approximate surface area is 174 Å². The summed E-state index contributed by atoms with van der Waals surface area (Å²) in [5.41, 5.74) is 0. The van der Waals surface area contributed by atoms with Crippen LogP contribution < -0.4 is 0 Å². The van der Waals surface area contributed by atoms with Gasteiger partial charge >= 0.3 is 0 Å². The standard InChI is InChI=1S/C18H26N4O3S3/c1-4-21-17(15-6-5-8-26-15)19-20-18(21)27-11-16(23)22(10-13(2)3)14-7-9-28(24,25)12-14/h5-6,8,13-14H,4,7,9-12H2,1-3H3/t14-/m1/s1. The SMILES string of the molecule is CCn1c(SCC(=O)N(CC(C)C)[C@@H]2CCS(=O)(=O)C2)nnc1-c1cccs1. The van der Waals surface area contributed by atoms with Crippen LogP contribution in [0, 0.1) is 5.92 Å². The van der Waals surface area contributed by atoms with Crippen LogP contribution in [-0.2, 0) is 21.2 Å². The van der Waals surface area contributed by atoms with Gasteiger partial charge in [-0.25, -0.2) is 8.42 Å². The molecule has 28 heavy (non-hydrogen) atoms. The second-order valence-corrected chi connectivity index (χ2v) is 11.4. The highest BCUT2D eigenvalue weighted by molar-refractivity contribution is 7.99. The van der Waals surface area contributed by atoms with Gasteiger partial charge in [0.05, 0.1) is 22.1 Å². The number of carbonyl (C=O) groups is 1. The Morgan fingerprint density at radius 1 is 1.43 bits per heavy atom. The molecular formula is C18H26N4O3S3. The molecule has 3 rings (SSSR count). The van der Waals surface area contributed by atoms with Crippen molar-refractivity contribution in [2.45, 2.75) is 44.9 Å². The number of sulfone groups is 1. The molecule has 0 radical (unpaired) electrons. The molecule has 0 unspecified atom stereocenters. The summed E-state index contributed by atoms with van der Waals surface area (Å²) in [6.45, 7) is 7.39. The molecule has 3 heterocycles. The topological polar surface area (TPSA) is 85.2 Å². The molecule has 1 aliphatic heterocycles. The molecule has 0 saturated carbocycles. The summed E-state index contributed by atoms with van der Waals surface area (Å²) in [4.78, 5) is 15.7. The van der Waals surface area contributed by atoms with E-state index in [9.17, 15) is 13.2 Å². The zero-order valence-electron chi connectivity index (χ0n) is 16.4. The fourth-order valence-corrected chi connectivity index (χ4v) is 6.68. The zero-order valence-corrected chi connectivity index (χ0v) is 18.8. The van der Waals surface area contributed by atoms with Gasteiger partial charge in [0.2, 0.25) is 5.91 Å². The fourth-order valence-electron chi connectivity index (χ4n) is 3.35. The van der Waals surface area contributed by atoms with Crippen molar-refractivity contribution in [2.24, 2.45) is 5.92 Å². The Kier molecular flexibility index (Phi) is 6.82. The number of rotatable bonds is 8. The lowest BCUT2D eigenvalue weighted by atomic mass is 10.1. The van der Waals surface area contributed by atoms with Crippen molar-refractivity contribution >= 4 is 38.8 Å². The van der Waals surface area contributed by atoms with Gasteiger partial charge in [-0.05, 0) is 30.7 Å². The van der Waals surface area contributed by atoms with Gasteiger partial charge in [0.1, 0.15) is 0 Å². The molecule has 2 aromatic rings. The molecule has 1 saturated heterocycles. The van der Waals surface area contributed by atoms with Gasteiger partial charge in [-0.1, -0.05) is 31.7 Å². The van der Waals surface area contributed by atoms with Gasteiger partial charge in [-0.15, -0.1) is 21.5 Å². The number of carbonyl (C=O) groups excluding carboxylic acids is 1. The number of amides is 1. The molecule has 1 atom stereocenters. The van der Waals surface area contributed by atoms with E-state index in [1.54, 1.807) is 16.2 Å². The molecule has 1 aliphatic rings. The Morgan fingerprint density at radius 3 is 2.79 bits per heavy atom. The normalized spacial score (nSPS) is 18.6. The molecule has 0 aromatic carbocycles. The first kappa shape index (κ1) is 21.3. The van der Waals surface area contributed by atoms with E-state index in [0.717, 1.165) is 10.7 Å². The van der Waals surface area contributed by atoms with Crippen LogP contribution in [0.4, 0.5) is 0 Å². The number of nitrogens with zero attached hydrogens (tertiary/aromatic N) is 4. The summed E-state index contributed by atoms with van der Waals surface area (Å²) in [5.74, 6) is 1.52. The average molecular weight is 443 g/mol. The molecule has 0 aliphatic carbocycles. The van der Waals surface area contributed by atoms with E-state index < -0.39 is 9.84 Å². The maximum Gasteiger partial charge on any atom is 0.233 e. The molecule has 10 heteroatoms. The smallest absolute Gasteiger partial charge is 0.233 e. The predicted octanol–water partition coefficient (Wildman–Crippen LogP) is 2.79. The lowest BCUT2D eigenvalue weighted by Crippen LogP contribution is -2.44. The second-order valence-electron chi connectivity index (χ2n) is 7.31. The fraction of sp³-hybridized carbons (Fsp3) is 0.611. The highest BCUT2D eigenvalue weighted by atomic mass is 32.2. The van der Waals surface area contributed by atoms with E-state index in [4.69, 9.17) is 0 Å². The first-order valence-electron chi connectivity index (χ1n) is 9.40. The highest BCUT2D eigenvalue weighted by Gasteiger charge is 2.34. The van der Waals surface area contributed by atoms with E-state index in [0.29, 0.717) is 24.7 Å². The Balaban J connectivity index is 1.71. The maximum absolute atomic E-state index is 12.9. The van der Waals surface area contributed by atoms with Gasteiger partial charge < -0.3 is 9.47 Å². The van der Waals surface area contributed by atoms with E-state index in [-0.39, 0.29) is 35.1 Å². The molecule has 7 nitrogen and oxygen atoms in total. The van der Waals surface area contributed by atoms with Crippen LogP contribution in [0.2, 0.25) is 0 Å². The quantitative estimate of drug-likeness (QED) is 0.585. The van der Waals surface area contributed by atoms with E-state index in [1.807, 2.05) is 42.9 Å². The van der Waals surface area contributed by atoms with Crippen LogP contribution in [0.15, 0.2) is 22.7 Å². The van der Waals surface area contributed by atoms with Crippen molar-refractivity contribution in [3.8, 4) is 10.7 Å². The number of aromatic nitrogens is 3. The summed E-state index contributed by atoms with van der Waals surface area (Å²) < 4.78 is 25.7. The third-order valence-electron chi connectivity index (χ3n) is 4.63. The van der Waals surface area contributed by atoms with Crippen molar-refractivity contribution in [2.75, 3.05) is 23.8 Å². The Morgan fingerprint density at radius 2 is 2.21 bits per heavy atom. The zero-order chi connectivity index (χ0) is 20.3. The molecular weight excluding hydrogens is 416 g/mol. The maximum atomic E-state index is 12.9. The Bertz CT molecular complexity index is 907. The average Bonchev–Trinajstić information content (AvgIpc) is 3.36. The molecule has 1 fully saturated rings. The van der Waals surface area contributed by atoms with E-state index in [1.165, 1.54) is 11.8 Å².